The number of aromatic nitrogens is 3. The largest absolute Gasteiger partial charge is 0.497 e. The molecule has 0 aliphatic carbocycles. The van der Waals surface area contributed by atoms with Crippen molar-refractivity contribution >= 4 is 17.5 Å². The van der Waals surface area contributed by atoms with Gasteiger partial charge in [-0.15, -0.1) is 0 Å². The van der Waals surface area contributed by atoms with Gasteiger partial charge in [-0.25, -0.2) is 0 Å². The highest BCUT2D eigenvalue weighted by Crippen LogP contribution is 2.23. The number of carbonyl (C=O) groups is 2. The molecule has 4 rings (SSSR count). The topological polar surface area (TPSA) is 100 Å². The van der Waals surface area contributed by atoms with Crippen molar-refractivity contribution in [2.45, 2.75) is 12.8 Å². The van der Waals surface area contributed by atoms with Crippen LogP contribution < -0.4 is 10.1 Å². The highest BCUT2D eigenvalue weighted by Gasteiger charge is 2.28. The van der Waals surface area contributed by atoms with E-state index in [9.17, 15) is 9.59 Å². The first-order valence-corrected chi connectivity index (χ1v) is 9.84. The zero-order chi connectivity index (χ0) is 20.9. The number of pyridine rings is 1. The number of carbonyl (C=O) groups excluding carboxylic acids is 2. The normalized spacial score (nSPS) is 14.4. The van der Waals surface area contributed by atoms with E-state index in [-0.39, 0.29) is 17.7 Å². The number of rotatable bonds is 5. The summed E-state index contributed by atoms with van der Waals surface area (Å²) < 4.78 is 5.19. The maximum Gasteiger partial charge on any atom is 0.271 e. The third-order valence-electron chi connectivity index (χ3n) is 5.26. The molecule has 0 saturated carbocycles. The van der Waals surface area contributed by atoms with Crippen molar-refractivity contribution in [3.05, 3.63) is 60.6 Å². The molecule has 2 amide bonds. The van der Waals surface area contributed by atoms with E-state index in [2.05, 4.69) is 20.5 Å². The highest BCUT2D eigenvalue weighted by molar-refractivity contribution is 5.95. The van der Waals surface area contributed by atoms with Crippen LogP contribution >= 0.6 is 0 Å². The van der Waals surface area contributed by atoms with Crippen molar-refractivity contribution in [2.75, 3.05) is 25.5 Å². The predicted octanol–water partition coefficient (Wildman–Crippen LogP) is 2.97. The number of anilines is 1. The molecule has 8 heteroatoms. The molecule has 0 radical (unpaired) electrons. The molecule has 30 heavy (non-hydrogen) atoms. The number of piperidine rings is 1. The average molecular weight is 405 g/mol. The summed E-state index contributed by atoms with van der Waals surface area (Å²) in [5.74, 6) is 0.423. The molecule has 0 spiro atoms. The van der Waals surface area contributed by atoms with E-state index in [1.165, 1.54) is 0 Å². The number of benzene rings is 1. The van der Waals surface area contributed by atoms with Gasteiger partial charge in [0.1, 0.15) is 11.4 Å². The standard InChI is InChI=1S/C22H23N5O3/c1-30-18-6-2-5-17(12-18)24-21(28)15-7-10-27(11-8-15)22(29)20-13-19(25-26-20)16-4-3-9-23-14-16/h2-6,9,12-15H,7-8,10-11H2,1H3,(H,24,28)(H,25,26). The summed E-state index contributed by atoms with van der Waals surface area (Å²) in [6.07, 6.45) is 4.63. The monoisotopic (exact) mass is 405 g/mol. The second kappa shape index (κ2) is 8.77. The quantitative estimate of drug-likeness (QED) is 0.680. The molecular formula is C22H23N5O3. The molecule has 1 aromatic carbocycles. The minimum absolute atomic E-state index is 0.0317. The van der Waals surface area contributed by atoms with E-state index in [1.54, 1.807) is 36.5 Å². The Kier molecular flexibility index (Phi) is 5.74. The van der Waals surface area contributed by atoms with Gasteiger partial charge < -0.3 is 15.0 Å². The fourth-order valence-electron chi connectivity index (χ4n) is 3.55. The van der Waals surface area contributed by atoms with Crippen LogP contribution in [0.25, 0.3) is 11.3 Å². The Morgan fingerprint density at radius 3 is 2.73 bits per heavy atom. The van der Waals surface area contributed by atoms with Crippen LogP contribution in [-0.2, 0) is 4.79 Å². The van der Waals surface area contributed by atoms with E-state index < -0.39 is 0 Å². The molecule has 2 aromatic heterocycles. The predicted molar refractivity (Wildman–Crippen MR) is 112 cm³/mol. The molecule has 0 atom stereocenters. The number of likely N-dealkylation sites (tertiary alicyclic amines) is 1. The smallest absolute Gasteiger partial charge is 0.271 e. The number of hydrogen-bond donors (Lipinski definition) is 2. The Bertz CT molecular complexity index is 1030. The Morgan fingerprint density at radius 1 is 1.17 bits per heavy atom. The van der Waals surface area contributed by atoms with Crippen LogP contribution in [0.2, 0.25) is 0 Å². The zero-order valence-electron chi connectivity index (χ0n) is 16.7. The first-order chi connectivity index (χ1) is 14.6. The average Bonchev–Trinajstić information content (AvgIpc) is 3.30. The van der Waals surface area contributed by atoms with Crippen LogP contribution in [0.5, 0.6) is 5.75 Å². The van der Waals surface area contributed by atoms with Gasteiger partial charge in [-0.3, -0.25) is 19.7 Å². The molecule has 154 valence electrons. The molecule has 1 saturated heterocycles. The lowest BCUT2D eigenvalue weighted by molar-refractivity contribution is -0.121. The summed E-state index contributed by atoms with van der Waals surface area (Å²) in [7, 11) is 1.59. The van der Waals surface area contributed by atoms with Crippen molar-refractivity contribution < 1.29 is 14.3 Å². The summed E-state index contributed by atoms with van der Waals surface area (Å²) in [5, 5.41) is 9.98. The SMILES string of the molecule is COc1cccc(NC(=O)C2CCN(C(=O)c3cc(-c4cccnc4)n[nH]3)CC2)c1. The van der Waals surface area contributed by atoms with Gasteiger partial charge in [-0.05, 0) is 43.2 Å². The van der Waals surface area contributed by atoms with Crippen LogP contribution in [0.3, 0.4) is 0 Å². The third-order valence-corrected chi connectivity index (χ3v) is 5.26. The fraction of sp³-hybridized carbons (Fsp3) is 0.273. The Hall–Kier alpha value is -3.68. The fourth-order valence-corrected chi connectivity index (χ4v) is 3.55. The van der Waals surface area contributed by atoms with Crippen LogP contribution in [0.15, 0.2) is 54.9 Å². The number of H-pyrrole nitrogens is 1. The van der Waals surface area contributed by atoms with Gasteiger partial charge in [0.2, 0.25) is 5.91 Å². The zero-order valence-corrected chi connectivity index (χ0v) is 16.7. The van der Waals surface area contributed by atoms with Crippen LogP contribution in [0.1, 0.15) is 23.3 Å². The molecule has 0 unspecified atom stereocenters. The number of methoxy groups -OCH3 is 1. The van der Waals surface area contributed by atoms with Gasteiger partial charge in [-0.1, -0.05) is 6.07 Å². The lowest BCUT2D eigenvalue weighted by atomic mass is 9.95. The summed E-state index contributed by atoms with van der Waals surface area (Å²) >= 11 is 0. The lowest BCUT2D eigenvalue weighted by Crippen LogP contribution is -2.41. The molecule has 2 N–H and O–H groups in total. The van der Waals surface area contributed by atoms with Gasteiger partial charge in [0.15, 0.2) is 0 Å². The van der Waals surface area contributed by atoms with E-state index in [0.29, 0.717) is 48.8 Å². The summed E-state index contributed by atoms with van der Waals surface area (Å²) in [6, 6.07) is 12.7. The van der Waals surface area contributed by atoms with E-state index >= 15 is 0 Å². The summed E-state index contributed by atoms with van der Waals surface area (Å²) in [4.78, 5) is 31.2. The number of nitrogens with one attached hydrogen (secondary N) is 2. The molecule has 0 bridgehead atoms. The van der Waals surface area contributed by atoms with Crippen molar-refractivity contribution in [1.29, 1.82) is 0 Å². The van der Waals surface area contributed by atoms with E-state index in [0.717, 1.165) is 5.56 Å². The number of nitrogens with zero attached hydrogens (tertiary/aromatic N) is 3. The lowest BCUT2D eigenvalue weighted by Gasteiger charge is -2.31. The first kappa shape index (κ1) is 19.6. The van der Waals surface area contributed by atoms with Crippen molar-refractivity contribution in [3.8, 4) is 17.0 Å². The maximum atomic E-state index is 12.8. The Balaban J connectivity index is 1.33. The molecule has 1 aliphatic rings. The highest BCUT2D eigenvalue weighted by atomic mass is 16.5. The van der Waals surface area contributed by atoms with Crippen LogP contribution in [0, 0.1) is 5.92 Å². The molecule has 1 fully saturated rings. The Morgan fingerprint density at radius 2 is 2.00 bits per heavy atom. The minimum atomic E-state index is -0.132. The second-order valence-electron chi connectivity index (χ2n) is 7.20. The van der Waals surface area contributed by atoms with Crippen molar-refractivity contribution in [3.63, 3.8) is 0 Å². The molecule has 3 heterocycles. The maximum absolute atomic E-state index is 12.8. The van der Waals surface area contributed by atoms with Gasteiger partial charge >= 0.3 is 0 Å². The first-order valence-electron chi connectivity index (χ1n) is 9.84. The third kappa shape index (κ3) is 4.32. The van der Waals surface area contributed by atoms with Crippen molar-refractivity contribution in [2.24, 2.45) is 5.92 Å². The van der Waals surface area contributed by atoms with Gasteiger partial charge in [0.25, 0.3) is 5.91 Å². The number of hydrogen-bond acceptors (Lipinski definition) is 5. The summed E-state index contributed by atoms with van der Waals surface area (Å²) in [6.45, 7) is 1.05. The number of ether oxygens (including phenoxy) is 1. The molecule has 1 aliphatic heterocycles. The van der Waals surface area contributed by atoms with Gasteiger partial charge in [0, 0.05) is 48.7 Å². The number of amides is 2. The molecule has 8 nitrogen and oxygen atoms in total. The second-order valence-corrected chi connectivity index (χ2v) is 7.20. The van der Waals surface area contributed by atoms with Gasteiger partial charge in [0.05, 0.1) is 12.8 Å². The minimum Gasteiger partial charge on any atom is -0.497 e. The van der Waals surface area contributed by atoms with E-state index in [4.69, 9.17) is 4.74 Å². The van der Waals surface area contributed by atoms with Crippen LogP contribution in [-0.4, -0.2) is 52.1 Å². The van der Waals surface area contributed by atoms with Crippen LogP contribution in [0.4, 0.5) is 5.69 Å². The Labute approximate surface area is 174 Å². The molecule has 3 aromatic rings. The number of aromatic amines is 1. The summed E-state index contributed by atoms with van der Waals surface area (Å²) in [5.41, 5.74) is 2.67. The molecular weight excluding hydrogens is 382 g/mol. The van der Waals surface area contributed by atoms with Crippen molar-refractivity contribution in [1.82, 2.24) is 20.1 Å². The van der Waals surface area contributed by atoms with Gasteiger partial charge in [-0.2, -0.15) is 5.10 Å². The van der Waals surface area contributed by atoms with E-state index in [1.807, 2.05) is 30.3 Å².